The molecule has 4 N–H and O–H groups in total. The number of likely N-dealkylation sites (N-methyl/N-ethyl adjacent to an activating group) is 1. The minimum Gasteiger partial charge on any atom is -0.478 e. The van der Waals surface area contributed by atoms with Crippen molar-refractivity contribution in [2.75, 3.05) is 33.2 Å². The van der Waals surface area contributed by atoms with Crippen molar-refractivity contribution in [2.24, 2.45) is 5.10 Å². The van der Waals surface area contributed by atoms with Gasteiger partial charge >= 0.3 is 11.9 Å². The van der Waals surface area contributed by atoms with Gasteiger partial charge in [-0.25, -0.2) is 14.6 Å². The average molecular weight is 497 g/mol. The molecule has 2 aromatic rings. The normalized spacial score (nSPS) is 16.1. The first-order valence-electron chi connectivity index (χ1n) is 11.0. The molecule has 11 heteroatoms. The highest BCUT2D eigenvalue weighted by atomic mass is 16.7. The topological polar surface area (TPSA) is 155 Å². The number of hydrogen-bond acceptors (Lipinski definition) is 8. The number of nitrogen functional groups attached to an aromatic ring is 1. The molecule has 2 aromatic carbocycles. The fraction of sp³-hybridized carbons (Fsp3) is 0.280. The second-order valence-corrected chi connectivity index (χ2v) is 8.47. The van der Waals surface area contributed by atoms with E-state index in [-0.39, 0.29) is 18.7 Å². The Hall–Kier alpha value is -4.38. The summed E-state index contributed by atoms with van der Waals surface area (Å²) in [6.45, 7) is 2.52. The van der Waals surface area contributed by atoms with Crippen molar-refractivity contribution in [3.63, 3.8) is 0 Å². The van der Waals surface area contributed by atoms with Gasteiger partial charge in [-0.05, 0) is 57.3 Å². The molecule has 0 aromatic heterocycles. The molecule has 0 fully saturated rings. The first-order chi connectivity index (χ1) is 17.0. The molecule has 190 valence electrons. The number of carbonyl (C=O) groups excluding carboxylic acids is 1. The molecule has 1 amide bonds. The van der Waals surface area contributed by atoms with E-state index in [1.165, 1.54) is 0 Å². The molecular weight excluding hydrogens is 468 g/mol. The number of carbonyl (C=O) groups is 3. The molecule has 1 atom stereocenters. The quantitative estimate of drug-likeness (QED) is 0.415. The van der Waals surface area contributed by atoms with E-state index in [4.69, 9.17) is 30.5 Å². The van der Waals surface area contributed by atoms with Crippen LogP contribution in [0.3, 0.4) is 0 Å². The first kappa shape index (κ1) is 26.2. The summed E-state index contributed by atoms with van der Waals surface area (Å²) < 4.78 is 11.1. The molecule has 2 aliphatic rings. The van der Waals surface area contributed by atoms with Gasteiger partial charge in [0.1, 0.15) is 0 Å². The zero-order valence-corrected chi connectivity index (χ0v) is 20.2. The number of aliphatic carboxylic acids is 2. The minimum absolute atomic E-state index is 0.0432. The number of amides is 1. The molecule has 2 heterocycles. The van der Waals surface area contributed by atoms with Gasteiger partial charge in [-0.2, -0.15) is 5.10 Å². The number of anilines is 1. The second kappa shape index (κ2) is 11.4. The van der Waals surface area contributed by atoms with E-state index in [9.17, 15) is 14.4 Å². The van der Waals surface area contributed by atoms with Gasteiger partial charge in [-0.3, -0.25) is 4.79 Å². The fourth-order valence-corrected chi connectivity index (χ4v) is 3.68. The summed E-state index contributed by atoms with van der Waals surface area (Å²) in [5, 5.41) is 22.0. The Kier molecular flexibility index (Phi) is 8.28. The Bertz CT molecular complexity index is 1190. The van der Waals surface area contributed by atoms with Crippen LogP contribution >= 0.6 is 0 Å². The maximum atomic E-state index is 12.9. The predicted molar refractivity (Wildman–Crippen MR) is 132 cm³/mol. The molecule has 0 bridgehead atoms. The number of hydrogen-bond donors (Lipinski definition) is 3. The summed E-state index contributed by atoms with van der Waals surface area (Å²) in [4.78, 5) is 33.8. The summed E-state index contributed by atoms with van der Waals surface area (Å²) in [6.07, 6.45) is 1.79. The Morgan fingerprint density at radius 1 is 1.08 bits per heavy atom. The second-order valence-electron chi connectivity index (χ2n) is 8.47. The molecule has 2 aliphatic heterocycles. The smallest absolute Gasteiger partial charge is 0.328 e. The van der Waals surface area contributed by atoms with Crippen molar-refractivity contribution in [1.29, 1.82) is 0 Å². The van der Waals surface area contributed by atoms with Crippen LogP contribution in [0.25, 0.3) is 0 Å². The van der Waals surface area contributed by atoms with Crippen LogP contribution in [0, 0.1) is 0 Å². The Labute approximate surface area is 208 Å². The van der Waals surface area contributed by atoms with Gasteiger partial charge in [0.25, 0.3) is 5.91 Å². The molecule has 0 radical (unpaired) electrons. The number of nitrogens with zero attached hydrogens (tertiary/aromatic N) is 3. The largest absolute Gasteiger partial charge is 0.478 e. The van der Waals surface area contributed by atoms with Crippen molar-refractivity contribution in [3.8, 4) is 11.5 Å². The van der Waals surface area contributed by atoms with Crippen LogP contribution < -0.4 is 15.2 Å². The van der Waals surface area contributed by atoms with Gasteiger partial charge in [-0.1, -0.05) is 12.1 Å². The molecule has 0 spiro atoms. The van der Waals surface area contributed by atoms with Crippen molar-refractivity contribution in [1.82, 2.24) is 9.91 Å². The van der Waals surface area contributed by atoms with E-state index in [1.54, 1.807) is 5.01 Å². The zero-order valence-electron chi connectivity index (χ0n) is 20.2. The third-order valence-electron chi connectivity index (χ3n) is 5.25. The van der Waals surface area contributed by atoms with Gasteiger partial charge < -0.3 is 30.3 Å². The van der Waals surface area contributed by atoms with Crippen molar-refractivity contribution in [2.45, 2.75) is 19.4 Å². The average Bonchev–Trinajstić information content (AvgIpc) is 3.20. The fourth-order valence-electron chi connectivity index (χ4n) is 3.68. The van der Waals surface area contributed by atoms with Gasteiger partial charge in [-0.15, -0.1) is 0 Å². The third kappa shape index (κ3) is 6.60. The van der Waals surface area contributed by atoms with Crippen LogP contribution in [0.1, 0.15) is 23.6 Å². The highest BCUT2D eigenvalue weighted by molar-refractivity contribution is 6.14. The van der Waals surface area contributed by atoms with Crippen LogP contribution in [0.4, 0.5) is 5.69 Å². The van der Waals surface area contributed by atoms with Gasteiger partial charge in [0.05, 0.1) is 18.3 Å². The molecule has 36 heavy (non-hydrogen) atoms. The number of nitrogens with two attached hydrogens (primary N) is 1. The highest BCUT2D eigenvalue weighted by Gasteiger charge is 2.29. The van der Waals surface area contributed by atoms with Crippen LogP contribution in [0.15, 0.2) is 53.7 Å². The summed E-state index contributed by atoms with van der Waals surface area (Å²) >= 11 is 0. The van der Waals surface area contributed by atoms with Crippen LogP contribution in [0.5, 0.6) is 11.5 Å². The minimum atomic E-state index is -1.26. The standard InChI is InChI=1S/C21H24N4O3.C4H4O4/c1-13-8-15-9-18-19(28-12-27-18)10-17(15)21(14-4-6-16(22)7-5-14)23-25(13)20(26)11-24(2)3;5-3(6)1-2-4(7)8/h4-7,9-10,13H,8,11-12,22H2,1-3H3;1-2H,(H,5,6)(H,7,8)/b;2-1+. The molecule has 4 rings (SSSR count). The lowest BCUT2D eigenvalue weighted by atomic mass is 9.94. The van der Waals surface area contributed by atoms with Crippen molar-refractivity contribution < 1.29 is 34.1 Å². The van der Waals surface area contributed by atoms with Crippen LogP contribution in [-0.4, -0.2) is 77.2 Å². The Balaban J connectivity index is 0.000000392. The number of hydrazone groups is 1. The molecule has 11 nitrogen and oxygen atoms in total. The van der Waals surface area contributed by atoms with Crippen molar-refractivity contribution >= 4 is 29.2 Å². The number of rotatable bonds is 5. The molecular formula is C25H28N4O7. The Morgan fingerprint density at radius 2 is 1.67 bits per heavy atom. The van der Waals surface area contributed by atoms with E-state index in [0.717, 1.165) is 28.2 Å². The summed E-state index contributed by atoms with van der Waals surface area (Å²) in [7, 11) is 3.75. The lowest BCUT2D eigenvalue weighted by molar-refractivity contribution is -0.134. The summed E-state index contributed by atoms with van der Waals surface area (Å²) in [5.74, 6) is -1.13. The lowest BCUT2D eigenvalue weighted by Crippen LogP contribution is -2.40. The number of carboxylic acid groups (broad SMARTS) is 2. The zero-order chi connectivity index (χ0) is 26.4. The number of fused-ring (bicyclic) bond motifs is 2. The van der Waals surface area contributed by atoms with Gasteiger partial charge in [0, 0.05) is 29.0 Å². The molecule has 0 saturated carbocycles. The van der Waals surface area contributed by atoms with Gasteiger partial charge in [0.2, 0.25) is 6.79 Å². The first-order valence-corrected chi connectivity index (χ1v) is 11.0. The number of ether oxygens (including phenoxy) is 2. The summed E-state index contributed by atoms with van der Waals surface area (Å²) in [5.41, 5.74) is 10.2. The third-order valence-corrected chi connectivity index (χ3v) is 5.25. The number of benzene rings is 2. The highest BCUT2D eigenvalue weighted by Crippen LogP contribution is 2.37. The van der Waals surface area contributed by atoms with Crippen LogP contribution in [-0.2, 0) is 20.8 Å². The maximum Gasteiger partial charge on any atom is 0.328 e. The SMILES string of the molecule is CC1Cc2cc3c(cc2C(c2ccc(N)cc2)=NN1C(=O)CN(C)C)OCO3.O=C(O)/C=C/C(=O)O. The van der Waals surface area contributed by atoms with Crippen LogP contribution in [0.2, 0.25) is 0 Å². The Morgan fingerprint density at radius 3 is 2.22 bits per heavy atom. The number of carboxylic acids is 2. The van der Waals surface area contributed by atoms with E-state index in [0.29, 0.717) is 36.6 Å². The van der Waals surface area contributed by atoms with E-state index < -0.39 is 11.9 Å². The summed E-state index contributed by atoms with van der Waals surface area (Å²) in [6, 6.07) is 11.4. The monoisotopic (exact) mass is 496 g/mol. The molecule has 0 saturated heterocycles. The van der Waals surface area contributed by atoms with E-state index in [2.05, 4.69) is 0 Å². The molecule has 0 aliphatic carbocycles. The molecule has 1 unspecified atom stereocenters. The van der Waals surface area contributed by atoms with E-state index >= 15 is 0 Å². The van der Waals surface area contributed by atoms with E-state index in [1.807, 2.05) is 62.3 Å². The predicted octanol–water partition coefficient (Wildman–Crippen LogP) is 1.80. The van der Waals surface area contributed by atoms with Gasteiger partial charge in [0.15, 0.2) is 11.5 Å². The lowest BCUT2D eigenvalue weighted by Gasteiger charge is -2.24. The van der Waals surface area contributed by atoms with Crippen molar-refractivity contribution in [3.05, 3.63) is 65.2 Å². The maximum absolute atomic E-state index is 12.9.